The van der Waals surface area contributed by atoms with Gasteiger partial charge in [-0.1, -0.05) is 6.07 Å². The van der Waals surface area contributed by atoms with Crippen LogP contribution in [0, 0.1) is 11.6 Å². The molecular weight excluding hydrogens is 278 g/mol. The van der Waals surface area contributed by atoms with Gasteiger partial charge < -0.3 is 15.4 Å². The summed E-state index contributed by atoms with van der Waals surface area (Å²) < 4.78 is 32.0. The van der Waals surface area contributed by atoms with Gasteiger partial charge in [0.2, 0.25) is 5.91 Å². The van der Waals surface area contributed by atoms with E-state index in [1.807, 2.05) is 0 Å². The molecule has 21 heavy (non-hydrogen) atoms. The molecule has 2 N–H and O–H groups in total. The lowest BCUT2D eigenvalue weighted by Gasteiger charge is -2.31. The average molecular weight is 296 g/mol. The van der Waals surface area contributed by atoms with Gasteiger partial charge in [0.25, 0.3) is 0 Å². The summed E-state index contributed by atoms with van der Waals surface area (Å²) in [7, 11) is 0. The van der Waals surface area contributed by atoms with Gasteiger partial charge in [-0.05, 0) is 25.3 Å². The lowest BCUT2D eigenvalue weighted by atomic mass is 9.97. The normalized spacial score (nSPS) is 25.1. The van der Waals surface area contributed by atoms with Crippen molar-refractivity contribution in [1.29, 1.82) is 0 Å². The standard InChI is InChI=1S/C15H18F2N2O2/c16-11-2-1-10(13(17)7-11)8-19(12-3-4-12)14(20)15(18)5-6-21-9-15/h1-2,7,12H,3-6,8-9,18H2. The number of amides is 1. The van der Waals surface area contributed by atoms with Crippen molar-refractivity contribution in [1.82, 2.24) is 4.90 Å². The SMILES string of the molecule is NC1(C(=O)N(Cc2ccc(F)cc2F)C2CC2)CCOC1. The summed E-state index contributed by atoms with van der Waals surface area (Å²) >= 11 is 0. The molecule has 1 heterocycles. The molecule has 114 valence electrons. The van der Waals surface area contributed by atoms with Gasteiger partial charge in [0.15, 0.2) is 0 Å². The van der Waals surface area contributed by atoms with Crippen LogP contribution in [-0.4, -0.2) is 35.6 Å². The second-order valence-electron chi connectivity index (χ2n) is 5.86. The summed E-state index contributed by atoms with van der Waals surface area (Å²) in [6, 6.07) is 3.51. The highest BCUT2D eigenvalue weighted by Gasteiger charge is 2.45. The number of ether oxygens (including phenoxy) is 1. The van der Waals surface area contributed by atoms with Crippen molar-refractivity contribution in [2.24, 2.45) is 5.73 Å². The lowest BCUT2D eigenvalue weighted by Crippen LogP contribution is -2.56. The molecule has 1 amide bonds. The van der Waals surface area contributed by atoms with Crippen LogP contribution in [0.25, 0.3) is 0 Å². The number of carbonyl (C=O) groups is 1. The van der Waals surface area contributed by atoms with Gasteiger partial charge >= 0.3 is 0 Å². The smallest absolute Gasteiger partial charge is 0.245 e. The van der Waals surface area contributed by atoms with E-state index in [2.05, 4.69) is 0 Å². The van der Waals surface area contributed by atoms with Crippen LogP contribution in [0.2, 0.25) is 0 Å². The predicted molar refractivity (Wildman–Crippen MR) is 72.3 cm³/mol. The van der Waals surface area contributed by atoms with E-state index in [0.29, 0.717) is 18.6 Å². The fourth-order valence-corrected chi connectivity index (χ4v) is 2.62. The van der Waals surface area contributed by atoms with Gasteiger partial charge in [0, 0.05) is 30.8 Å². The molecule has 2 fully saturated rings. The summed E-state index contributed by atoms with van der Waals surface area (Å²) in [5.74, 6) is -1.46. The first kappa shape index (κ1) is 14.4. The molecule has 0 spiro atoms. The first-order chi connectivity index (χ1) is 9.99. The molecule has 0 radical (unpaired) electrons. The molecule has 0 bridgehead atoms. The number of carbonyl (C=O) groups excluding carboxylic acids is 1. The van der Waals surface area contributed by atoms with Gasteiger partial charge in [-0.3, -0.25) is 4.79 Å². The number of rotatable bonds is 4. The fraction of sp³-hybridized carbons (Fsp3) is 0.533. The Balaban J connectivity index is 1.80. The van der Waals surface area contributed by atoms with E-state index in [1.54, 1.807) is 4.90 Å². The number of nitrogens with two attached hydrogens (primary N) is 1. The maximum atomic E-state index is 13.8. The molecule has 6 heteroatoms. The first-order valence-corrected chi connectivity index (χ1v) is 7.11. The molecule has 4 nitrogen and oxygen atoms in total. The molecule has 1 atom stereocenters. The Morgan fingerprint density at radius 1 is 1.43 bits per heavy atom. The van der Waals surface area contributed by atoms with Crippen LogP contribution >= 0.6 is 0 Å². The van der Waals surface area contributed by atoms with Crippen LogP contribution < -0.4 is 5.73 Å². The largest absolute Gasteiger partial charge is 0.379 e. The lowest BCUT2D eigenvalue weighted by molar-refractivity contribution is -0.138. The Morgan fingerprint density at radius 3 is 2.76 bits per heavy atom. The van der Waals surface area contributed by atoms with Gasteiger partial charge in [-0.15, -0.1) is 0 Å². The number of hydrogen-bond donors (Lipinski definition) is 1. The second-order valence-corrected chi connectivity index (χ2v) is 5.86. The highest BCUT2D eigenvalue weighted by molar-refractivity contribution is 5.87. The van der Waals surface area contributed by atoms with Crippen LogP contribution in [0.15, 0.2) is 18.2 Å². The quantitative estimate of drug-likeness (QED) is 0.917. The topological polar surface area (TPSA) is 55.6 Å². The Kier molecular flexibility index (Phi) is 3.67. The Morgan fingerprint density at radius 2 is 2.19 bits per heavy atom. The molecular formula is C15H18F2N2O2. The van der Waals surface area contributed by atoms with E-state index >= 15 is 0 Å². The minimum absolute atomic E-state index is 0.1000. The monoisotopic (exact) mass is 296 g/mol. The van der Waals surface area contributed by atoms with Crippen molar-refractivity contribution in [3.05, 3.63) is 35.4 Å². The zero-order valence-electron chi connectivity index (χ0n) is 11.6. The second kappa shape index (κ2) is 5.35. The van der Waals surface area contributed by atoms with Crippen molar-refractivity contribution in [2.45, 2.75) is 37.4 Å². The van der Waals surface area contributed by atoms with Gasteiger partial charge in [-0.2, -0.15) is 0 Å². The zero-order chi connectivity index (χ0) is 15.0. The molecule has 1 aliphatic carbocycles. The summed E-state index contributed by atoms with van der Waals surface area (Å²) in [6.45, 7) is 0.779. The van der Waals surface area contributed by atoms with Crippen LogP contribution in [0.5, 0.6) is 0 Å². The highest BCUT2D eigenvalue weighted by Crippen LogP contribution is 2.32. The molecule has 1 aliphatic heterocycles. The van der Waals surface area contributed by atoms with Gasteiger partial charge in [0.1, 0.15) is 17.2 Å². The van der Waals surface area contributed by atoms with Crippen molar-refractivity contribution < 1.29 is 18.3 Å². The van der Waals surface area contributed by atoms with Crippen molar-refractivity contribution >= 4 is 5.91 Å². The Labute approximate surface area is 121 Å². The predicted octanol–water partition coefficient (Wildman–Crippen LogP) is 1.57. The average Bonchev–Trinajstić information content (AvgIpc) is 3.19. The van der Waals surface area contributed by atoms with E-state index in [1.165, 1.54) is 12.1 Å². The minimum Gasteiger partial charge on any atom is -0.379 e. The van der Waals surface area contributed by atoms with Crippen LogP contribution in [0.1, 0.15) is 24.8 Å². The maximum absolute atomic E-state index is 13.8. The van der Waals surface area contributed by atoms with Crippen molar-refractivity contribution in [3.63, 3.8) is 0 Å². The third kappa shape index (κ3) is 2.91. The molecule has 1 saturated carbocycles. The fourth-order valence-electron chi connectivity index (χ4n) is 2.62. The molecule has 1 unspecified atom stereocenters. The zero-order valence-corrected chi connectivity index (χ0v) is 11.6. The maximum Gasteiger partial charge on any atom is 0.245 e. The summed E-state index contributed by atoms with van der Waals surface area (Å²) in [5, 5.41) is 0. The van der Waals surface area contributed by atoms with E-state index in [9.17, 15) is 13.6 Å². The van der Waals surface area contributed by atoms with Gasteiger partial charge in [-0.25, -0.2) is 8.78 Å². The number of hydrogen-bond acceptors (Lipinski definition) is 3. The Hall–Kier alpha value is -1.53. The van der Waals surface area contributed by atoms with E-state index in [0.717, 1.165) is 18.9 Å². The number of halogens is 2. The summed E-state index contributed by atoms with van der Waals surface area (Å²) in [5.41, 5.74) is 5.40. The van der Waals surface area contributed by atoms with E-state index in [4.69, 9.17) is 10.5 Å². The molecule has 1 saturated heterocycles. The third-order valence-electron chi connectivity index (χ3n) is 4.08. The molecule has 3 rings (SSSR count). The molecule has 1 aromatic carbocycles. The molecule has 2 aliphatic rings. The molecule has 0 aromatic heterocycles. The number of benzene rings is 1. The number of nitrogens with zero attached hydrogens (tertiary/aromatic N) is 1. The minimum atomic E-state index is -1.01. The van der Waals surface area contributed by atoms with Crippen LogP contribution in [-0.2, 0) is 16.1 Å². The highest BCUT2D eigenvalue weighted by atomic mass is 19.1. The molecule has 1 aromatic rings. The van der Waals surface area contributed by atoms with Crippen LogP contribution in [0.4, 0.5) is 8.78 Å². The van der Waals surface area contributed by atoms with Crippen molar-refractivity contribution in [2.75, 3.05) is 13.2 Å². The summed E-state index contributed by atoms with van der Waals surface area (Å²) in [6.07, 6.45) is 2.26. The van der Waals surface area contributed by atoms with E-state index in [-0.39, 0.29) is 25.1 Å². The third-order valence-corrected chi connectivity index (χ3v) is 4.08. The van der Waals surface area contributed by atoms with E-state index < -0.39 is 17.2 Å². The summed E-state index contributed by atoms with van der Waals surface area (Å²) in [4.78, 5) is 14.3. The van der Waals surface area contributed by atoms with Crippen molar-refractivity contribution in [3.8, 4) is 0 Å². The van der Waals surface area contributed by atoms with Gasteiger partial charge in [0.05, 0.1) is 6.61 Å². The Bertz CT molecular complexity index is 555. The first-order valence-electron chi connectivity index (χ1n) is 7.11. The van der Waals surface area contributed by atoms with Crippen LogP contribution in [0.3, 0.4) is 0 Å².